The van der Waals surface area contributed by atoms with Crippen LogP contribution >= 0.6 is 0 Å². The normalized spacial score (nSPS) is 13.1. The SMILES string of the molecule is CCN(CC)CC(CN)c1ccc(F)c(F)c1. The summed E-state index contributed by atoms with van der Waals surface area (Å²) in [5.41, 5.74) is 6.47. The van der Waals surface area contributed by atoms with E-state index in [1.807, 2.05) is 0 Å². The molecule has 0 saturated carbocycles. The number of hydrogen-bond acceptors (Lipinski definition) is 2. The van der Waals surface area contributed by atoms with Gasteiger partial charge in [-0.1, -0.05) is 19.9 Å². The van der Waals surface area contributed by atoms with Gasteiger partial charge in [0.2, 0.25) is 0 Å². The first-order valence-electron chi connectivity index (χ1n) is 5.99. The van der Waals surface area contributed by atoms with E-state index in [0.717, 1.165) is 31.3 Å². The number of nitrogens with two attached hydrogens (primary N) is 1. The van der Waals surface area contributed by atoms with Gasteiger partial charge >= 0.3 is 0 Å². The van der Waals surface area contributed by atoms with Gasteiger partial charge in [0.15, 0.2) is 11.6 Å². The van der Waals surface area contributed by atoms with Gasteiger partial charge in [-0.05, 0) is 30.8 Å². The molecular weight excluding hydrogens is 222 g/mol. The molecule has 0 spiro atoms. The molecule has 1 rings (SSSR count). The van der Waals surface area contributed by atoms with E-state index in [-0.39, 0.29) is 5.92 Å². The summed E-state index contributed by atoms with van der Waals surface area (Å²) in [5.74, 6) is -1.57. The summed E-state index contributed by atoms with van der Waals surface area (Å²) in [6, 6.07) is 4.02. The molecule has 0 aliphatic rings. The van der Waals surface area contributed by atoms with E-state index < -0.39 is 11.6 Å². The maximum atomic E-state index is 13.1. The third-order valence-electron chi connectivity index (χ3n) is 3.07. The summed E-state index contributed by atoms with van der Waals surface area (Å²) in [7, 11) is 0. The second-order valence-corrected chi connectivity index (χ2v) is 4.09. The van der Waals surface area contributed by atoms with Crippen LogP contribution in [0.15, 0.2) is 18.2 Å². The van der Waals surface area contributed by atoms with Crippen molar-refractivity contribution in [1.29, 1.82) is 0 Å². The minimum Gasteiger partial charge on any atom is -0.330 e. The Morgan fingerprint density at radius 3 is 2.29 bits per heavy atom. The molecule has 0 amide bonds. The highest BCUT2D eigenvalue weighted by Gasteiger charge is 2.14. The molecule has 1 aromatic carbocycles. The van der Waals surface area contributed by atoms with Crippen molar-refractivity contribution < 1.29 is 8.78 Å². The third-order valence-corrected chi connectivity index (χ3v) is 3.07. The summed E-state index contributed by atoms with van der Waals surface area (Å²) in [6.45, 7) is 7.20. The van der Waals surface area contributed by atoms with Gasteiger partial charge in [0.1, 0.15) is 0 Å². The molecule has 0 aliphatic heterocycles. The Labute approximate surface area is 101 Å². The molecule has 1 unspecified atom stereocenters. The Balaban J connectivity index is 2.82. The number of rotatable bonds is 6. The second kappa shape index (κ2) is 6.67. The van der Waals surface area contributed by atoms with Crippen molar-refractivity contribution in [1.82, 2.24) is 4.90 Å². The first kappa shape index (κ1) is 14.1. The molecule has 2 nitrogen and oxygen atoms in total. The maximum Gasteiger partial charge on any atom is 0.159 e. The highest BCUT2D eigenvalue weighted by molar-refractivity contribution is 5.22. The smallest absolute Gasteiger partial charge is 0.159 e. The van der Waals surface area contributed by atoms with Crippen molar-refractivity contribution in [2.45, 2.75) is 19.8 Å². The van der Waals surface area contributed by atoms with Crippen LogP contribution in [0.25, 0.3) is 0 Å². The lowest BCUT2D eigenvalue weighted by molar-refractivity contribution is 0.284. The lowest BCUT2D eigenvalue weighted by atomic mass is 9.98. The highest BCUT2D eigenvalue weighted by atomic mass is 19.2. The van der Waals surface area contributed by atoms with Crippen molar-refractivity contribution >= 4 is 0 Å². The topological polar surface area (TPSA) is 29.3 Å². The molecule has 0 aliphatic carbocycles. The maximum absolute atomic E-state index is 13.1. The largest absolute Gasteiger partial charge is 0.330 e. The number of benzene rings is 1. The summed E-state index contributed by atoms with van der Waals surface area (Å²) < 4.78 is 26.0. The van der Waals surface area contributed by atoms with Crippen molar-refractivity contribution in [2.24, 2.45) is 5.73 Å². The van der Waals surface area contributed by atoms with E-state index in [2.05, 4.69) is 18.7 Å². The van der Waals surface area contributed by atoms with Crippen LogP contribution in [0.1, 0.15) is 25.3 Å². The molecule has 0 saturated heterocycles. The van der Waals surface area contributed by atoms with Crippen LogP contribution in [0.2, 0.25) is 0 Å². The van der Waals surface area contributed by atoms with E-state index in [9.17, 15) is 8.78 Å². The van der Waals surface area contributed by atoms with Gasteiger partial charge in [-0.25, -0.2) is 8.78 Å². The molecule has 0 heterocycles. The van der Waals surface area contributed by atoms with Crippen molar-refractivity contribution in [3.05, 3.63) is 35.4 Å². The van der Waals surface area contributed by atoms with Gasteiger partial charge < -0.3 is 10.6 Å². The fourth-order valence-electron chi connectivity index (χ4n) is 1.88. The number of hydrogen-bond donors (Lipinski definition) is 1. The molecule has 1 aromatic rings. The predicted octanol–water partition coefficient (Wildman–Crippen LogP) is 2.35. The quantitative estimate of drug-likeness (QED) is 0.829. The van der Waals surface area contributed by atoms with E-state index in [4.69, 9.17) is 5.73 Å². The molecule has 1 atom stereocenters. The Bertz CT molecular complexity index is 351. The average molecular weight is 242 g/mol. The van der Waals surface area contributed by atoms with Crippen LogP contribution in [-0.4, -0.2) is 31.1 Å². The van der Waals surface area contributed by atoms with Gasteiger partial charge in [-0.2, -0.15) is 0 Å². The zero-order valence-electron chi connectivity index (χ0n) is 10.4. The van der Waals surface area contributed by atoms with Crippen LogP contribution in [0, 0.1) is 11.6 Å². The molecule has 0 bridgehead atoms. The second-order valence-electron chi connectivity index (χ2n) is 4.09. The molecule has 0 radical (unpaired) electrons. The monoisotopic (exact) mass is 242 g/mol. The van der Waals surface area contributed by atoms with Crippen LogP contribution in [0.5, 0.6) is 0 Å². The molecule has 96 valence electrons. The van der Waals surface area contributed by atoms with E-state index in [1.165, 1.54) is 6.07 Å². The molecular formula is C13H20F2N2. The van der Waals surface area contributed by atoms with Crippen LogP contribution in [-0.2, 0) is 0 Å². The predicted molar refractivity (Wildman–Crippen MR) is 65.9 cm³/mol. The van der Waals surface area contributed by atoms with Gasteiger partial charge in [0.05, 0.1) is 0 Å². The summed E-state index contributed by atoms with van der Waals surface area (Å²) in [6.07, 6.45) is 0. The summed E-state index contributed by atoms with van der Waals surface area (Å²) in [5, 5.41) is 0. The van der Waals surface area contributed by atoms with E-state index >= 15 is 0 Å². The summed E-state index contributed by atoms with van der Waals surface area (Å²) >= 11 is 0. The minimum absolute atomic E-state index is 0.0463. The highest BCUT2D eigenvalue weighted by Crippen LogP contribution is 2.18. The van der Waals surface area contributed by atoms with Crippen molar-refractivity contribution in [2.75, 3.05) is 26.2 Å². The average Bonchev–Trinajstić information content (AvgIpc) is 2.35. The van der Waals surface area contributed by atoms with Crippen molar-refractivity contribution in [3.63, 3.8) is 0 Å². The zero-order chi connectivity index (χ0) is 12.8. The van der Waals surface area contributed by atoms with Gasteiger partial charge in [-0.3, -0.25) is 0 Å². The molecule has 4 heteroatoms. The fraction of sp³-hybridized carbons (Fsp3) is 0.538. The fourth-order valence-corrected chi connectivity index (χ4v) is 1.88. The lowest BCUT2D eigenvalue weighted by Gasteiger charge is -2.24. The van der Waals surface area contributed by atoms with Gasteiger partial charge in [0, 0.05) is 19.0 Å². The number of likely N-dealkylation sites (N-methyl/N-ethyl adjacent to an activating group) is 1. The zero-order valence-corrected chi connectivity index (χ0v) is 10.4. The first-order valence-corrected chi connectivity index (χ1v) is 5.99. The molecule has 17 heavy (non-hydrogen) atoms. The van der Waals surface area contributed by atoms with Crippen LogP contribution in [0.3, 0.4) is 0 Å². The van der Waals surface area contributed by atoms with Crippen molar-refractivity contribution in [3.8, 4) is 0 Å². The first-order chi connectivity index (χ1) is 8.12. The Kier molecular flexibility index (Phi) is 5.51. The number of nitrogens with zero attached hydrogens (tertiary/aromatic N) is 1. The standard InChI is InChI=1S/C13H20F2N2/c1-3-17(4-2)9-11(8-16)10-5-6-12(14)13(15)7-10/h5-7,11H,3-4,8-9,16H2,1-2H3. The minimum atomic E-state index is -0.813. The molecule has 0 fully saturated rings. The molecule has 0 aromatic heterocycles. The lowest BCUT2D eigenvalue weighted by Crippen LogP contribution is -2.31. The summed E-state index contributed by atoms with van der Waals surface area (Å²) in [4.78, 5) is 2.22. The Morgan fingerprint density at radius 2 is 1.82 bits per heavy atom. The van der Waals surface area contributed by atoms with E-state index in [1.54, 1.807) is 6.07 Å². The van der Waals surface area contributed by atoms with Crippen LogP contribution in [0.4, 0.5) is 8.78 Å². The Hall–Kier alpha value is -1.00. The number of halogens is 2. The van der Waals surface area contributed by atoms with Gasteiger partial charge in [-0.15, -0.1) is 0 Å². The third kappa shape index (κ3) is 3.75. The van der Waals surface area contributed by atoms with E-state index in [0.29, 0.717) is 6.54 Å². The van der Waals surface area contributed by atoms with Crippen LogP contribution < -0.4 is 5.73 Å². The Morgan fingerprint density at radius 1 is 1.18 bits per heavy atom. The molecule has 2 N–H and O–H groups in total. The van der Waals surface area contributed by atoms with Gasteiger partial charge in [0.25, 0.3) is 0 Å².